The molecule has 2 fully saturated rings. The molecule has 2 aliphatic heterocycles. The Labute approximate surface area is 223 Å². The van der Waals surface area contributed by atoms with Gasteiger partial charge in [-0.1, -0.05) is 6.07 Å². The van der Waals surface area contributed by atoms with E-state index < -0.39 is 11.6 Å². The summed E-state index contributed by atoms with van der Waals surface area (Å²) >= 11 is 0. The summed E-state index contributed by atoms with van der Waals surface area (Å²) in [5.41, 5.74) is 4.61. The van der Waals surface area contributed by atoms with Gasteiger partial charge in [0.15, 0.2) is 17.4 Å². The number of rotatable bonds is 6. The minimum absolute atomic E-state index is 0.0938. The molecule has 0 radical (unpaired) electrons. The second kappa shape index (κ2) is 10.2. The van der Waals surface area contributed by atoms with Gasteiger partial charge < -0.3 is 14.5 Å². The summed E-state index contributed by atoms with van der Waals surface area (Å²) in [6, 6.07) is 7.55. The standard InChI is InChI=1S/C30H35F2N5O/c1-18(2)37-12-13-38-30-24(31)14-21(15-26(30)37)29-25(32)17-33-27(35-29)16-22-6-7-23(28(34-22)20-4-5-20)19-8-10-36(3)11-9-19/h6-7,14-15,17-20H,4-5,8-13,16H2,1-3H3. The number of anilines is 1. The molecule has 200 valence electrons. The first-order valence-corrected chi connectivity index (χ1v) is 13.8. The molecule has 0 unspecified atom stereocenters. The van der Waals surface area contributed by atoms with Crippen LogP contribution in [0.15, 0.2) is 30.5 Å². The molecule has 1 aliphatic carbocycles. The molecular weight excluding hydrogens is 484 g/mol. The van der Waals surface area contributed by atoms with Crippen LogP contribution in [0.25, 0.3) is 11.3 Å². The van der Waals surface area contributed by atoms with Gasteiger partial charge in [-0.15, -0.1) is 0 Å². The lowest BCUT2D eigenvalue weighted by molar-refractivity contribution is 0.254. The van der Waals surface area contributed by atoms with E-state index in [0.717, 1.165) is 31.6 Å². The summed E-state index contributed by atoms with van der Waals surface area (Å²) in [4.78, 5) is 18.4. The van der Waals surface area contributed by atoms with Crippen LogP contribution in [0.5, 0.6) is 5.75 Å². The molecule has 3 aromatic rings. The summed E-state index contributed by atoms with van der Waals surface area (Å²) in [5.74, 6) is 0.694. The Morgan fingerprint density at radius 3 is 2.50 bits per heavy atom. The Bertz CT molecular complexity index is 1330. The summed E-state index contributed by atoms with van der Waals surface area (Å²) in [6.07, 6.45) is 6.29. The van der Waals surface area contributed by atoms with Gasteiger partial charge in [-0.05, 0) is 89.3 Å². The average Bonchev–Trinajstić information content (AvgIpc) is 3.75. The van der Waals surface area contributed by atoms with E-state index in [0.29, 0.717) is 48.5 Å². The van der Waals surface area contributed by atoms with Gasteiger partial charge in [0.2, 0.25) is 0 Å². The van der Waals surface area contributed by atoms with Crippen molar-refractivity contribution in [1.82, 2.24) is 19.9 Å². The van der Waals surface area contributed by atoms with Crippen LogP contribution >= 0.6 is 0 Å². The van der Waals surface area contributed by atoms with Gasteiger partial charge in [-0.25, -0.2) is 18.7 Å². The lowest BCUT2D eigenvalue weighted by atomic mass is 9.87. The topological polar surface area (TPSA) is 54.4 Å². The van der Waals surface area contributed by atoms with Crippen LogP contribution in [0, 0.1) is 11.6 Å². The number of nitrogens with zero attached hydrogens (tertiary/aromatic N) is 5. The maximum absolute atomic E-state index is 15.0. The zero-order chi connectivity index (χ0) is 26.4. The number of fused-ring (bicyclic) bond motifs is 1. The maximum Gasteiger partial charge on any atom is 0.178 e. The van der Waals surface area contributed by atoms with Crippen molar-refractivity contribution in [2.45, 2.75) is 63.8 Å². The quantitative estimate of drug-likeness (QED) is 0.416. The van der Waals surface area contributed by atoms with E-state index >= 15 is 4.39 Å². The normalized spacial score (nSPS) is 18.5. The zero-order valence-corrected chi connectivity index (χ0v) is 22.4. The van der Waals surface area contributed by atoms with Gasteiger partial charge in [0.05, 0.1) is 24.8 Å². The molecule has 2 aromatic heterocycles. The second-order valence-electron chi connectivity index (χ2n) is 11.2. The van der Waals surface area contributed by atoms with Crippen LogP contribution in [0.3, 0.4) is 0 Å². The summed E-state index contributed by atoms with van der Waals surface area (Å²) in [6.45, 7) is 7.39. The minimum atomic E-state index is -0.579. The molecule has 1 aromatic carbocycles. The number of hydrogen-bond donors (Lipinski definition) is 0. The number of pyridine rings is 1. The van der Waals surface area contributed by atoms with Crippen LogP contribution in [0.2, 0.25) is 0 Å². The number of aromatic nitrogens is 3. The monoisotopic (exact) mass is 519 g/mol. The van der Waals surface area contributed by atoms with E-state index in [2.05, 4.69) is 38.9 Å². The molecule has 0 spiro atoms. The Hall–Kier alpha value is -3.13. The lowest BCUT2D eigenvalue weighted by Gasteiger charge is -2.34. The summed E-state index contributed by atoms with van der Waals surface area (Å²) in [5, 5.41) is 0. The van der Waals surface area contributed by atoms with Crippen molar-refractivity contribution in [3.63, 3.8) is 0 Å². The van der Waals surface area contributed by atoms with Crippen molar-refractivity contribution in [3.8, 4) is 17.0 Å². The first-order valence-electron chi connectivity index (χ1n) is 13.8. The van der Waals surface area contributed by atoms with Crippen LogP contribution in [0.1, 0.15) is 74.1 Å². The Balaban J connectivity index is 1.30. The third-order valence-electron chi connectivity index (χ3n) is 8.08. The van der Waals surface area contributed by atoms with Crippen molar-refractivity contribution in [3.05, 3.63) is 64.9 Å². The van der Waals surface area contributed by atoms with Gasteiger partial charge in [-0.2, -0.15) is 0 Å². The predicted molar refractivity (Wildman–Crippen MR) is 144 cm³/mol. The third kappa shape index (κ3) is 4.98. The van der Waals surface area contributed by atoms with Crippen LogP contribution < -0.4 is 9.64 Å². The van der Waals surface area contributed by atoms with Crippen molar-refractivity contribution < 1.29 is 13.5 Å². The fourth-order valence-electron chi connectivity index (χ4n) is 5.80. The first kappa shape index (κ1) is 25.2. The number of benzene rings is 1. The molecule has 1 saturated carbocycles. The van der Waals surface area contributed by atoms with Crippen molar-refractivity contribution in [2.24, 2.45) is 0 Å². The van der Waals surface area contributed by atoms with E-state index in [1.165, 1.54) is 36.4 Å². The fourth-order valence-corrected chi connectivity index (χ4v) is 5.80. The Morgan fingerprint density at radius 1 is 0.974 bits per heavy atom. The minimum Gasteiger partial charge on any atom is -0.486 e. The van der Waals surface area contributed by atoms with Crippen molar-refractivity contribution in [2.75, 3.05) is 38.2 Å². The Kier molecular flexibility index (Phi) is 6.76. The molecule has 38 heavy (non-hydrogen) atoms. The van der Waals surface area contributed by atoms with E-state index in [1.54, 1.807) is 6.07 Å². The maximum atomic E-state index is 15.0. The largest absolute Gasteiger partial charge is 0.486 e. The molecule has 0 N–H and O–H groups in total. The van der Waals surface area contributed by atoms with Crippen LogP contribution in [-0.4, -0.2) is 59.2 Å². The second-order valence-corrected chi connectivity index (χ2v) is 11.2. The molecule has 0 amide bonds. The number of likely N-dealkylation sites (tertiary alicyclic amines) is 1. The highest BCUT2D eigenvalue weighted by molar-refractivity contribution is 5.72. The summed E-state index contributed by atoms with van der Waals surface area (Å²) < 4.78 is 35.6. The number of hydrogen-bond acceptors (Lipinski definition) is 6. The molecule has 1 saturated heterocycles. The van der Waals surface area contributed by atoms with E-state index in [-0.39, 0.29) is 17.5 Å². The number of piperidine rings is 1. The van der Waals surface area contributed by atoms with Crippen molar-refractivity contribution in [1.29, 1.82) is 0 Å². The van der Waals surface area contributed by atoms with Crippen LogP contribution in [-0.2, 0) is 6.42 Å². The molecule has 3 aliphatic rings. The highest BCUT2D eigenvalue weighted by Gasteiger charge is 2.31. The molecule has 8 heteroatoms. The van der Waals surface area contributed by atoms with Gasteiger partial charge in [-0.3, -0.25) is 4.98 Å². The smallest absolute Gasteiger partial charge is 0.178 e. The van der Waals surface area contributed by atoms with Crippen molar-refractivity contribution >= 4 is 5.69 Å². The number of ether oxygens (including phenoxy) is 1. The Morgan fingerprint density at radius 2 is 1.76 bits per heavy atom. The van der Waals surface area contributed by atoms with Gasteiger partial charge in [0.1, 0.15) is 18.1 Å². The molecular formula is C30H35F2N5O. The highest BCUT2D eigenvalue weighted by atomic mass is 19.1. The first-order chi connectivity index (χ1) is 18.4. The molecule has 6 nitrogen and oxygen atoms in total. The van der Waals surface area contributed by atoms with E-state index in [4.69, 9.17) is 9.72 Å². The molecule has 0 bridgehead atoms. The molecule has 0 atom stereocenters. The lowest BCUT2D eigenvalue weighted by Crippen LogP contribution is -2.38. The predicted octanol–water partition coefficient (Wildman–Crippen LogP) is 5.70. The van der Waals surface area contributed by atoms with Crippen LogP contribution in [0.4, 0.5) is 14.5 Å². The number of halogens is 2. The fraction of sp³-hybridized carbons (Fsp3) is 0.500. The van der Waals surface area contributed by atoms with E-state index in [9.17, 15) is 4.39 Å². The van der Waals surface area contributed by atoms with Gasteiger partial charge >= 0.3 is 0 Å². The van der Waals surface area contributed by atoms with Gasteiger partial charge in [0, 0.05) is 28.9 Å². The summed E-state index contributed by atoms with van der Waals surface area (Å²) in [7, 11) is 2.18. The third-order valence-corrected chi connectivity index (χ3v) is 8.08. The van der Waals surface area contributed by atoms with E-state index in [1.807, 2.05) is 13.8 Å². The SMILES string of the molecule is CC(C)N1CCOc2c(F)cc(-c3nc(Cc4ccc(C5CCN(C)CC5)c(C5CC5)n4)ncc3F)cc21. The molecule has 6 rings (SSSR count). The molecule has 4 heterocycles. The highest BCUT2D eigenvalue weighted by Crippen LogP contribution is 2.44. The van der Waals surface area contributed by atoms with Gasteiger partial charge in [0.25, 0.3) is 0 Å². The zero-order valence-electron chi connectivity index (χ0n) is 22.4. The average molecular weight is 520 g/mol.